The average Bonchev–Trinajstić information content (AvgIpc) is 2.50. The maximum atomic E-state index is 12.0. The number of ether oxygens (including phenoxy) is 1. The van der Waals surface area contributed by atoms with Gasteiger partial charge in [0.05, 0.1) is 16.7 Å². The lowest BCUT2D eigenvalue weighted by atomic mass is 10.1. The van der Waals surface area contributed by atoms with Crippen LogP contribution in [0, 0.1) is 0 Å². The first-order chi connectivity index (χ1) is 10.2. The van der Waals surface area contributed by atoms with Gasteiger partial charge in [-0.15, -0.1) is 0 Å². The number of piperidine rings is 1. The third-order valence-corrected chi connectivity index (χ3v) is 4.74. The molecule has 2 rings (SSSR count). The Kier molecular flexibility index (Phi) is 6.96. The van der Waals surface area contributed by atoms with Gasteiger partial charge in [0.1, 0.15) is 0 Å². The SMILES string of the molecule is O=C(NCCCOC1CCNCC1)c1cccc(Br)c1Cl. The Labute approximate surface area is 138 Å². The van der Waals surface area contributed by atoms with E-state index in [1.54, 1.807) is 12.1 Å². The first kappa shape index (κ1) is 16.7. The van der Waals surface area contributed by atoms with Crippen LogP contribution >= 0.6 is 27.5 Å². The Morgan fingerprint density at radius 3 is 2.95 bits per heavy atom. The molecule has 1 saturated heterocycles. The van der Waals surface area contributed by atoms with Crippen molar-refractivity contribution in [3.63, 3.8) is 0 Å². The zero-order chi connectivity index (χ0) is 15.1. The van der Waals surface area contributed by atoms with E-state index in [9.17, 15) is 4.79 Å². The van der Waals surface area contributed by atoms with E-state index in [0.717, 1.165) is 36.8 Å². The molecule has 0 unspecified atom stereocenters. The Balaban J connectivity index is 1.66. The number of amides is 1. The fourth-order valence-corrected chi connectivity index (χ4v) is 2.84. The molecular formula is C15H20BrClN2O2. The molecule has 0 atom stereocenters. The molecule has 0 aliphatic carbocycles. The summed E-state index contributed by atoms with van der Waals surface area (Å²) in [5.74, 6) is -0.150. The molecule has 1 amide bonds. The molecule has 2 N–H and O–H groups in total. The quantitative estimate of drug-likeness (QED) is 0.752. The van der Waals surface area contributed by atoms with E-state index in [1.807, 2.05) is 6.07 Å². The largest absolute Gasteiger partial charge is 0.378 e. The monoisotopic (exact) mass is 374 g/mol. The molecule has 6 heteroatoms. The predicted octanol–water partition coefficient (Wildman–Crippen LogP) is 2.99. The maximum absolute atomic E-state index is 12.0. The highest BCUT2D eigenvalue weighted by Gasteiger charge is 2.13. The number of nitrogens with one attached hydrogen (secondary N) is 2. The van der Waals surface area contributed by atoms with Gasteiger partial charge in [0.15, 0.2) is 0 Å². The highest BCUT2D eigenvalue weighted by molar-refractivity contribution is 9.10. The summed E-state index contributed by atoms with van der Waals surface area (Å²) < 4.78 is 6.52. The van der Waals surface area contributed by atoms with Gasteiger partial charge in [-0.2, -0.15) is 0 Å². The van der Waals surface area contributed by atoms with E-state index in [0.29, 0.717) is 29.8 Å². The fourth-order valence-electron chi connectivity index (χ4n) is 2.26. The normalized spacial score (nSPS) is 15.9. The lowest BCUT2D eigenvalue weighted by molar-refractivity contribution is 0.0318. The van der Waals surface area contributed by atoms with E-state index < -0.39 is 0 Å². The first-order valence-electron chi connectivity index (χ1n) is 7.23. The maximum Gasteiger partial charge on any atom is 0.252 e. The molecule has 1 fully saturated rings. The van der Waals surface area contributed by atoms with Crippen molar-refractivity contribution in [2.24, 2.45) is 0 Å². The first-order valence-corrected chi connectivity index (χ1v) is 8.40. The van der Waals surface area contributed by atoms with E-state index in [-0.39, 0.29) is 5.91 Å². The van der Waals surface area contributed by atoms with Crippen molar-refractivity contribution >= 4 is 33.4 Å². The van der Waals surface area contributed by atoms with Crippen molar-refractivity contribution in [1.29, 1.82) is 0 Å². The van der Waals surface area contributed by atoms with Crippen LogP contribution in [0.2, 0.25) is 5.02 Å². The fraction of sp³-hybridized carbons (Fsp3) is 0.533. The molecule has 0 saturated carbocycles. The summed E-state index contributed by atoms with van der Waals surface area (Å²) in [6.45, 7) is 3.33. The van der Waals surface area contributed by atoms with Crippen LogP contribution < -0.4 is 10.6 Å². The van der Waals surface area contributed by atoms with Gasteiger partial charge in [-0.3, -0.25) is 4.79 Å². The van der Waals surface area contributed by atoms with Crippen molar-refractivity contribution in [3.05, 3.63) is 33.3 Å². The molecule has 4 nitrogen and oxygen atoms in total. The molecule has 1 heterocycles. The topological polar surface area (TPSA) is 50.4 Å². The summed E-state index contributed by atoms with van der Waals surface area (Å²) in [6.07, 6.45) is 3.31. The second-order valence-corrected chi connectivity index (χ2v) is 6.26. The van der Waals surface area contributed by atoms with Gasteiger partial charge in [-0.25, -0.2) is 0 Å². The number of hydrogen-bond acceptors (Lipinski definition) is 3. The van der Waals surface area contributed by atoms with Crippen molar-refractivity contribution in [2.45, 2.75) is 25.4 Å². The van der Waals surface area contributed by atoms with Gasteiger partial charge < -0.3 is 15.4 Å². The lowest BCUT2D eigenvalue weighted by Gasteiger charge is -2.22. The predicted molar refractivity (Wildman–Crippen MR) is 87.9 cm³/mol. The highest BCUT2D eigenvalue weighted by Crippen LogP contribution is 2.25. The molecule has 0 aromatic heterocycles. The molecule has 0 radical (unpaired) electrons. The highest BCUT2D eigenvalue weighted by atomic mass is 79.9. The van der Waals surface area contributed by atoms with Crippen molar-refractivity contribution in [2.75, 3.05) is 26.2 Å². The summed E-state index contributed by atoms with van der Waals surface area (Å²) in [4.78, 5) is 12.0. The second kappa shape index (κ2) is 8.73. The van der Waals surface area contributed by atoms with Gasteiger partial charge in [0.2, 0.25) is 0 Å². The number of hydrogen-bond donors (Lipinski definition) is 2. The molecule has 116 valence electrons. The van der Waals surface area contributed by atoms with E-state index in [1.165, 1.54) is 0 Å². The second-order valence-electron chi connectivity index (χ2n) is 5.03. The zero-order valence-electron chi connectivity index (χ0n) is 11.8. The average molecular weight is 376 g/mol. The molecule has 1 aliphatic heterocycles. The number of halogens is 2. The van der Waals surface area contributed by atoms with Crippen LogP contribution in [0.1, 0.15) is 29.6 Å². The van der Waals surface area contributed by atoms with Crippen LogP contribution in [0.3, 0.4) is 0 Å². The Hall–Kier alpha value is -0.620. The number of carbonyl (C=O) groups excluding carboxylic acids is 1. The molecule has 1 aromatic rings. The summed E-state index contributed by atoms with van der Waals surface area (Å²) in [5.41, 5.74) is 0.491. The van der Waals surface area contributed by atoms with Crippen LogP contribution in [0.15, 0.2) is 22.7 Å². The molecule has 0 bridgehead atoms. The minimum absolute atomic E-state index is 0.150. The lowest BCUT2D eigenvalue weighted by Crippen LogP contribution is -2.33. The minimum Gasteiger partial charge on any atom is -0.378 e. The van der Waals surface area contributed by atoms with Crippen LogP contribution in [0.4, 0.5) is 0 Å². The molecule has 1 aliphatic rings. The van der Waals surface area contributed by atoms with Gasteiger partial charge in [0.25, 0.3) is 5.91 Å². The number of carbonyl (C=O) groups is 1. The zero-order valence-corrected chi connectivity index (χ0v) is 14.2. The molecule has 21 heavy (non-hydrogen) atoms. The molecule has 0 spiro atoms. The van der Waals surface area contributed by atoms with Crippen molar-refractivity contribution in [1.82, 2.24) is 10.6 Å². The Morgan fingerprint density at radius 2 is 2.19 bits per heavy atom. The van der Waals surface area contributed by atoms with Crippen LogP contribution in [0.25, 0.3) is 0 Å². The summed E-state index contributed by atoms with van der Waals surface area (Å²) >= 11 is 9.41. The summed E-state index contributed by atoms with van der Waals surface area (Å²) in [7, 11) is 0. The van der Waals surface area contributed by atoms with Crippen LogP contribution in [-0.2, 0) is 4.74 Å². The van der Waals surface area contributed by atoms with Gasteiger partial charge in [0, 0.05) is 17.6 Å². The number of benzene rings is 1. The Morgan fingerprint density at radius 1 is 1.43 bits per heavy atom. The summed E-state index contributed by atoms with van der Waals surface area (Å²) in [5, 5.41) is 6.62. The van der Waals surface area contributed by atoms with Gasteiger partial charge >= 0.3 is 0 Å². The summed E-state index contributed by atoms with van der Waals surface area (Å²) in [6, 6.07) is 5.32. The van der Waals surface area contributed by atoms with Crippen LogP contribution in [0.5, 0.6) is 0 Å². The van der Waals surface area contributed by atoms with Crippen molar-refractivity contribution in [3.8, 4) is 0 Å². The van der Waals surface area contributed by atoms with Gasteiger partial charge in [-0.1, -0.05) is 17.7 Å². The molecular weight excluding hydrogens is 356 g/mol. The molecule has 1 aromatic carbocycles. The Bertz CT molecular complexity index is 479. The van der Waals surface area contributed by atoms with Gasteiger partial charge in [-0.05, 0) is 60.4 Å². The van der Waals surface area contributed by atoms with Crippen molar-refractivity contribution < 1.29 is 9.53 Å². The van der Waals surface area contributed by atoms with E-state index in [4.69, 9.17) is 16.3 Å². The third-order valence-electron chi connectivity index (χ3n) is 3.44. The number of rotatable bonds is 6. The standard InChI is InChI=1S/C15H20BrClN2O2/c16-13-4-1-3-12(14(13)17)15(20)19-7-2-10-21-11-5-8-18-9-6-11/h1,3-4,11,18H,2,5-10H2,(H,19,20). The third kappa shape index (κ3) is 5.25. The van der Waals surface area contributed by atoms with E-state index in [2.05, 4.69) is 26.6 Å². The van der Waals surface area contributed by atoms with Crippen LogP contribution in [-0.4, -0.2) is 38.3 Å². The minimum atomic E-state index is -0.150. The smallest absolute Gasteiger partial charge is 0.252 e. The van der Waals surface area contributed by atoms with E-state index >= 15 is 0 Å².